The summed E-state index contributed by atoms with van der Waals surface area (Å²) >= 11 is 5.23. The molecule has 0 bridgehead atoms. The van der Waals surface area contributed by atoms with Gasteiger partial charge in [-0.25, -0.2) is 0 Å². The molecular weight excluding hydrogens is 586 g/mol. The van der Waals surface area contributed by atoms with E-state index in [1.54, 1.807) is 0 Å². The molecule has 0 atom stereocenters. The van der Waals surface area contributed by atoms with Gasteiger partial charge < -0.3 is 0 Å². The van der Waals surface area contributed by atoms with Gasteiger partial charge in [-0.2, -0.15) is 11.3 Å². The van der Waals surface area contributed by atoms with E-state index < -0.39 is 24.7 Å². The molecule has 0 aliphatic rings. The van der Waals surface area contributed by atoms with Gasteiger partial charge in [0.25, 0.3) is 0 Å². The number of hydrogen-bond acceptors (Lipinski definition) is 3. The minimum absolute atomic E-state index is 0. The molecule has 0 nitrogen and oxygen atoms in total. The van der Waals surface area contributed by atoms with Crippen molar-refractivity contribution >= 4 is 80.5 Å². The fourth-order valence-electron chi connectivity index (χ4n) is 1.46. The van der Waals surface area contributed by atoms with Crippen molar-refractivity contribution in [2.24, 2.45) is 0 Å². The molecule has 0 saturated heterocycles. The lowest BCUT2D eigenvalue weighted by Crippen LogP contribution is -2.02. The van der Waals surface area contributed by atoms with Crippen LogP contribution in [0, 0.1) is 11.2 Å². The SMILES string of the molecule is C.FS(F)(F)(F)(F)C#Cc1cscc1Br.FS(F)(F)(F)(F)c1cc2cscc2s1. The van der Waals surface area contributed by atoms with Gasteiger partial charge in [0.05, 0.1) is 10.8 Å². The predicted octanol–water partition coefficient (Wildman–Crippen LogP) is 11.4. The minimum atomic E-state index is -9.60. The zero-order chi connectivity index (χ0) is 21.8. The third-order valence-corrected chi connectivity index (χ3v) is 8.58. The van der Waals surface area contributed by atoms with Crippen LogP contribution in [0.15, 0.2) is 36.3 Å². The lowest BCUT2D eigenvalue weighted by molar-refractivity contribution is 0.367. The van der Waals surface area contributed by atoms with E-state index in [0.717, 1.165) is 11.3 Å². The van der Waals surface area contributed by atoms with Gasteiger partial charge in [-0.1, -0.05) is 46.3 Å². The lowest BCUT2D eigenvalue weighted by Gasteiger charge is -2.38. The van der Waals surface area contributed by atoms with Gasteiger partial charge in [0.15, 0.2) is 4.21 Å². The lowest BCUT2D eigenvalue weighted by atomic mass is 10.4. The Kier molecular flexibility index (Phi) is 5.88. The first-order valence-electron chi connectivity index (χ1n) is 6.22. The highest BCUT2D eigenvalue weighted by molar-refractivity contribution is 9.10. The summed E-state index contributed by atoms with van der Waals surface area (Å²) in [5.41, 5.74) is -0.0942. The van der Waals surface area contributed by atoms with Gasteiger partial charge in [0, 0.05) is 30.7 Å². The zero-order valence-corrected chi connectivity index (χ0v) is 18.3. The maximum absolute atomic E-state index is 12.3. The summed E-state index contributed by atoms with van der Waals surface area (Å²) in [4.78, 5) is 0. The first-order chi connectivity index (χ1) is 12.0. The molecule has 0 amide bonds. The molecule has 0 aliphatic heterocycles. The molecule has 0 radical (unpaired) electrons. The van der Waals surface area contributed by atoms with Crippen LogP contribution in [0.25, 0.3) is 10.1 Å². The van der Waals surface area contributed by atoms with Gasteiger partial charge >= 0.3 is 20.4 Å². The Hall–Kier alpha value is -0.600. The van der Waals surface area contributed by atoms with Crippen molar-refractivity contribution in [2.45, 2.75) is 11.6 Å². The van der Waals surface area contributed by atoms with Crippen LogP contribution in [-0.4, -0.2) is 0 Å². The Morgan fingerprint density at radius 2 is 1.34 bits per heavy atom. The highest BCUT2D eigenvalue weighted by Crippen LogP contribution is 3.03. The van der Waals surface area contributed by atoms with E-state index in [-0.39, 0.29) is 44.1 Å². The van der Waals surface area contributed by atoms with Crippen LogP contribution in [0.5, 0.6) is 0 Å². The van der Waals surface area contributed by atoms with E-state index in [0.29, 0.717) is 6.07 Å². The summed E-state index contributed by atoms with van der Waals surface area (Å²) in [6.45, 7) is 0. The molecule has 3 rings (SSSR count). The number of halogens is 11. The van der Waals surface area contributed by atoms with Crippen molar-refractivity contribution in [3.63, 3.8) is 0 Å². The minimum Gasteiger partial charge on any atom is -0.150 e. The second kappa shape index (κ2) is 6.45. The average molecular weight is 595 g/mol. The monoisotopic (exact) mass is 594 g/mol. The molecule has 3 heterocycles. The van der Waals surface area contributed by atoms with Crippen LogP contribution in [0.2, 0.25) is 0 Å². The van der Waals surface area contributed by atoms with Crippen LogP contribution in [0.4, 0.5) is 38.9 Å². The van der Waals surface area contributed by atoms with Crippen LogP contribution in [0.1, 0.15) is 13.0 Å². The van der Waals surface area contributed by atoms with Crippen molar-refractivity contribution in [1.29, 1.82) is 0 Å². The molecule has 3 aromatic rings. The van der Waals surface area contributed by atoms with Crippen LogP contribution in [-0.2, 0) is 0 Å². The average Bonchev–Trinajstić information content (AvgIpc) is 3.06. The summed E-state index contributed by atoms with van der Waals surface area (Å²) in [5, 5.41) is 5.90. The molecule has 168 valence electrons. The molecule has 0 spiro atoms. The van der Waals surface area contributed by atoms with Gasteiger partial charge in [-0.05, 0) is 33.3 Å². The quantitative estimate of drug-likeness (QED) is 0.194. The maximum atomic E-state index is 12.3. The van der Waals surface area contributed by atoms with Gasteiger partial charge in [0.2, 0.25) is 0 Å². The maximum Gasteiger partial charge on any atom is 0.345 e. The summed E-state index contributed by atoms with van der Waals surface area (Å²) in [7, 11) is -19.1. The number of thiophene rings is 3. The van der Waals surface area contributed by atoms with Gasteiger partial charge in [-0.15, -0.1) is 22.7 Å². The summed E-state index contributed by atoms with van der Waals surface area (Å²) < 4.78 is 119. The molecule has 3 aromatic heterocycles. The van der Waals surface area contributed by atoms with Crippen LogP contribution in [0.3, 0.4) is 0 Å². The Labute approximate surface area is 179 Å². The summed E-state index contributed by atoms with van der Waals surface area (Å²) in [6.07, 6.45) is 0. The van der Waals surface area contributed by atoms with Crippen LogP contribution >= 0.6 is 70.4 Å². The highest BCUT2D eigenvalue weighted by atomic mass is 79.9. The Morgan fingerprint density at radius 3 is 1.76 bits per heavy atom. The van der Waals surface area contributed by atoms with E-state index in [1.807, 2.05) is 0 Å². The molecule has 0 aromatic carbocycles. The number of fused-ring (bicyclic) bond motifs is 1. The molecule has 29 heavy (non-hydrogen) atoms. The third-order valence-electron chi connectivity index (χ3n) is 2.51. The van der Waals surface area contributed by atoms with Crippen molar-refractivity contribution in [1.82, 2.24) is 0 Å². The first-order valence-corrected chi connectivity index (χ1v) is 13.6. The molecule has 0 aliphatic carbocycles. The van der Waals surface area contributed by atoms with E-state index in [9.17, 15) is 38.9 Å². The molecular formula is C13H9BrF10S5. The van der Waals surface area contributed by atoms with Gasteiger partial charge in [0.1, 0.15) is 0 Å². The highest BCUT2D eigenvalue weighted by Gasteiger charge is 2.66. The summed E-state index contributed by atoms with van der Waals surface area (Å²) in [6, 6.07) is 0.512. The molecule has 0 unspecified atom stereocenters. The fourth-order valence-corrected chi connectivity index (χ4v) is 6.08. The number of rotatable bonds is 1. The van der Waals surface area contributed by atoms with E-state index in [2.05, 4.69) is 15.9 Å². The van der Waals surface area contributed by atoms with Crippen molar-refractivity contribution in [2.75, 3.05) is 0 Å². The van der Waals surface area contributed by atoms with Crippen molar-refractivity contribution < 1.29 is 38.9 Å². The van der Waals surface area contributed by atoms with Crippen LogP contribution < -0.4 is 0 Å². The molecule has 0 fully saturated rings. The van der Waals surface area contributed by atoms with E-state index in [1.165, 1.54) is 38.8 Å². The smallest absolute Gasteiger partial charge is 0.150 e. The largest absolute Gasteiger partial charge is 0.345 e. The van der Waals surface area contributed by atoms with E-state index >= 15 is 0 Å². The van der Waals surface area contributed by atoms with Crippen molar-refractivity contribution in [3.05, 3.63) is 37.6 Å². The first kappa shape index (κ1) is 26.4. The fraction of sp³-hybridized carbons (Fsp3) is 0.0769. The molecule has 0 saturated carbocycles. The Morgan fingerprint density at radius 1 is 0.793 bits per heavy atom. The third kappa shape index (κ3) is 8.58. The predicted molar refractivity (Wildman–Crippen MR) is 110 cm³/mol. The molecule has 16 heteroatoms. The normalized spacial score (nSPS) is 16.7. The topological polar surface area (TPSA) is 0 Å². The summed E-state index contributed by atoms with van der Waals surface area (Å²) in [5.74, 6) is 1.40. The van der Waals surface area contributed by atoms with Gasteiger partial charge in [-0.3, -0.25) is 0 Å². The van der Waals surface area contributed by atoms with E-state index in [4.69, 9.17) is 0 Å². The standard InChI is InChI=1S/C6H2BrF5S2.C6H3F5S3.CH4/c7-6-4-13-3-5(6)1-2-14(8,9,10,11)12;7-14(8,9,10,11)6-1-4-2-12-3-5(4)13-6;/h3-4H;1-3H;1H4. The molecule has 0 N–H and O–H groups in total. The zero-order valence-electron chi connectivity index (χ0n) is 12.6. The second-order valence-corrected chi connectivity index (χ2v) is 13.3. The Balaban J connectivity index is 0.000000280. The second-order valence-electron chi connectivity index (χ2n) is 5.06. The van der Waals surface area contributed by atoms with Crippen molar-refractivity contribution in [3.8, 4) is 11.2 Å². The Bertz CT molecular complexity index is 1070. The number of hydrogen-bond donors (Lipinski definition) is 0.